The first-order chi connectivity index (χ1) is 11.4. The molecule has 2 nitrogen and oxygen atoms in total. The zero-order valence-electron chi connectivity index (χ0n) is 15.4. The molecule has 0 unspecified atom stereocenters. The molecule has 0 atom stereocenters. The summed E-state index contributed by atoms with van der Waals surface area (Å²) in [4.78, 5) is 2.43. The third-order valence-corrected chi connectivity index (χ3v) is 4.92. The highest BCUT2D eigenvalue weighted by atomic mass is 16.5. The number of hydrogen-bond donors (Lipinski definition) is 0. The predicted molar refractivity (Wildman–Crippen MR) is 102 cm³/mol. The molecule has 0 aliphatic carbocycles. The summed E-state index contributed by atoms with van der Waals surface area (Å²) in [5.74, 6) is 0. The van der Waals surface area contributed by atoms with Crippen LogP contribution in [0, 0.1) is 6.92 Å². The van der Waals surface area contributed by atoms with Crippen molar-refractivity contribution < 1.29 is 4.74 Å². The summed E-state index contributed by atoms with van der Waals surface area (Å²) in [6.07, 6.45) is 0.997. The second kappa shape index (κ2) is 6.98. The molecule has 2 heteroatoms. The number of nitrogens with zero attached hydrogens (tertiary/aromatic N) is 1. The van der Waals surface area contributed by atoms with Gasteiger partial charge in [0.05, 0.1) is 13.2 Å². The van der Waals surface area contributed by atoms with Gasteiger partial charge in [-0.3, -0.25) is 0 Å². The standard InChI is InChI=1S/C22H29NO/c1-17-9-10-20(23-11-13-24-14-12-23)16-19(17)15-18-7-5-6-8-21(18)22(2,3)4/h5-10,16H,11-15H2,1-4H3. The highest BCUT2D eigenvalue weighted by Crippen LogP contribution is 2.29. The van der Waals surface area contributed by atoms with Gasteiger partial charge < -0.3 is 9.64 Å². The Morgan fingerprint density at radius 1 is 0.958 bits per heavy atom. The summed E-state index contributed by atoms with van der Waals surface area (Å²) in [5, 5.41) is 0. The van der Waals surface area contributed by atoms with Gasteiger partial charge in [-0.25, -0.2) is 0 Å². The SMILES string of the molecule is Cc1ccc(N2CCOCC2)cc1Cc1ccccc1C(C)(C)C. The van der Waals surface area contributed by atoms with Crippen molar-refractivity contribution >= 4 is 5.69 Å². The molecule has 2 aromatic carbocycles. The number of hydrogen-bond acceptors (Lipinski definition) is 2. The van der Waals surface area contributed by atoms with Crippen molar-refractivity contribution in [2.45, 2.75) is 39.5 Å². The molecule has 0 spiro atoms. The van der Waals surface area contributed by atoms with Crippen molar-refractivity contribution in [3.8, 4) is 0 Å². The number of benzene rings is 2. The molecule has 2 aromatic rings. The summed E-state index contributed by atoms with van der Waals surface area (Å²) in [5.41, 5.74) is 7.18. The Morgan fingerprint density at radius 2 is 1.67 bits per heavy atom. The number of aryl methyl sites for hydroxylation is 1. The zero-order chi connectivity index (χ0) is 17.2. The third kappa shape index (κ3) is 3.81. The van der Waals surface area contributed by atoms with Gasteiger partial charge in [0, 0.05) is 18.8 Å². The van der Waals surface area contributed by atoms with E-state index in [0.717, 1.165) is 32.7 Å². The molecule has 0 bridgehead atoms. The van der Waals surface area contributed by atoms with Crippen LogP contribution in [-0.2, 0) is 16.6 Å². The molecule has 1 aliphatic heterocycles. The van der Waals surface area contributed by atoms with Crippen LogP contribution < -0.4 is 4.90 Å². The van der Waals surface area contributed by atoms with E-state index >= 15 is 0 Å². The molecule has 1 heterocycles. The molecule has 0 saturated carbocycles. The number of rotatable bonds is 3. The van der Waals surface area contributed by atoms with E-state index in [1.807, 2.05) is 0 Å². The molecule has 0 amide bonds. The fourth-order valence-electron chi connectivity index (χ4n) is 3.48. The first-order valence-corrected chi connectivity index (χ1v) is 8.96. The van der Waals surface area contributed by atoms with Crippen LogP contribution in [0.2, 0.25) is 0 Å². The van der Waals surface area contributed by atoms with Crippen LogP contribution in [0.25, 0.3) is 0 Å². The Morgan fingerprint density at radius 3 is 2.38 bits per heavy atom. The van der Waals surface area contributed by atoms with Crippen LogP contribution in [0.4, 0.5) is 5.69 Å². The molecule has 1 aliphatic rings. The fourth-order valence-corrected chi connectivity index (χ4v) is 3.48. The monoisotopic (exact) mass is 323 g/mol. The average Bonchev–Trinajstić information content (AvgIpc) is 2.57. The molecule has 128 valence electrons. The highest BCUT2D eigenvalue weighted by Gasteiger charge is 2.18. The van der Waals surface area contributed by atoms with E-state index in [2.05, 4.69) is 75.1 Å². The Labute approximate surface area is 146 Å². The quantitative estimate of drug-likeness (QED) is 0.810. The van der Waals surface area contributed by atoms with Crippen LogP contribution in [-0.4, -0.2) is 26.3 Å². The van der Waals surface area contributed by atoms with E-state index in [1.165, 1.54) is 27.9 Å². The molecule has 0 aromatic heterocycles. The van der Waals surface area contributed by atoms with Crippen LogP contribution >= 0.6 is 0 Å². The summed E-state index contributed by atoms with van der Waals surface area (Å²) < 4.78 is 5.48. The number of morpholine rings is 1. The lowest BCUT2D eigenvalue weighted by atomic mass is 9.82. The van der Waals surface area contributed by atoms with Crippen molar-refractivity contribution in [2.24, 2.45) is 0 Å². The maximum Gasteiger partial charge on any atom is 0.0642 e. The van der Waals surface area contributed by atoms with Crippen molar-refractivity contribution in [3.05, 3.63) is 64.7 Å². The van der Waals surface area contributed by atoms with Gasteiger partial charge in [0.15, 0.2) is 0 Å². The van der Waals surface area contributed by atoms with Crippen molar-refractivity contribution in [1.29, 1.82) is 0 Å². The van der Waals surface area contributed by atoms with E-state index < -0.39 is 0 Å². The minimum atomic E-state index is 0.173. The van der Waals surface area contributed by atoms with Crippen LogP contribution in [0.5, 0.6) is 0 Å². The number of ether oxygens (including phenoxy) is 1. The van der Waals surface area contributed by atoms with Gasteiger partial charge in [-0.05, 0) is 53.1 Å². The molecule has 1 saturated heterocycles. The summed E-state index contributed by atoms with van der Waals surface area (Å²) in [7, 11) is 0. The maximum absolute atomic E-state index is 5.48. The van der Waals surface area contributed by atoms with Crippen LogP contribution in [0.3, 0.4) is 0 Å². The van der Waals surface area contributed by atoms with Crippen LogP contribution in [0.1, 0.15) is 43.0 Å². The smallest absolute Gasteiger partial charge is 0.0642 e. The van der Waals surface area contributed by atoms with E-state index in [4.69, 9.17) is 4.74 Å². The van der Waals surface area contributed by atoms with Crippen molar-refractivity contribution in [3.63, 3.8) is 0 Å². The summed E-state index contributed by atoms with van der Waals surface area (Å²) in [6.45, 7) is 12.7. The molecular weight excluding hydrogens is 294 g/mol. The second-order valence-electron chi connectivity index (χ2n) is 7.79. The van der Waals surface area contributed by atoms with Crippen molar-refractivity contribution in [2.75, 3.05) is 31.2 Å². The first-order valence-electron chi connectivity index (χ1n) is 8.96. The topological polar surface area (TPSA) is 12.5 Å². The third-order valence-electron chi connectivity index (χ3n) is 4.92. The van der Waals surface area contributed by atoms with E-state index in [1.54, 1.807) is 0 Å². The first kappa shape index (κ1) is 17.0. The summed E-state index contributed by atoms with van der Waals surface area (Å²) in [6, 6.07) is 15.8. The molecule has 1 fully saturated rings. The Hall–Kier alpha value is -1.80. The van der Waals surface area contributed by atoms with E-state index in [0.29, 0.717) is 0 Å². The Kier molecular flexibility index (Phi) is 4.96. The van der Waals surface area contributed by atoms with Crippen molar-refractivity contribution in [1.82, 2.24) is 0 Å². The van der Waals surface area contributed by atoms with Gasteiger partial charge >= 0.3 is 0 Å². The van der Waals surface area contributed by atoms with E-state index in [9.17, 15) is 0 Å². The maximum atomic E-state index is 5.48. The van der Waals surface area contributed by atoms with Gasteiger partial charge in [-0.2, -0.15) is 0 Å². The highest BCUT2D eigenvalue weighted by molar-refractivity contribution is 5.52. The lowest BCUT2D eigenvalue weighted by Crippen LogP contribution is -2.36. The lowest BCUT2D eigenvalue weighted by Gasteiger charge is -2.29. The number of anilines is 1. The Balaban J connectivity index is 1.90. The molecule has 0 N–H and O–H groups in total. The van der Waals surface area contributed by atoms with Gasteiger partial charge in [-0.15, -0.1) is 0 Å². The van der Waals surface area contributed by atoms with Gasteiger partial charge in [-0.1, -0.05) is 51.1 Å². The zero-order valence-corrected chi connectivity index (χ0v) is 15.4. The molecule has 24 heavy (non-hydrogen) atoms. The largest absolute Gasteiger partial charge is 0.378 e. The average molecular weight is 323 g/mol. The fraction of sp³-hybridized carbons (Fsp3) is 0.455. The summed E-state index contributed by atoms with van der Waals surface area (Å²) >= 11 is 0. The van der Waals surface area contributed by atoms with Gasteiger partial charge in [0.1, 0.15) is 0 Å². The van der Waals surface area contributed by atoms with Crippen LogP contribution in [0.15, 0.2) is 42.5 Å². The van der Waals surface area contributed by atoms with E-state index in [-0.39, 0.29) is 5.41 Å². The van der Waals surface area contributed by atoms with Gasteiger partial charge in [0.25, 0.3) is 0 Å². The molecular formula is C22H29NO. The van der Waals surface area contributed by atoms with Gasteiger partial charge in [0.2, 0.25) is 0 Å². The molecule has 3 rings (SSSR count). The normalized spacial score (nSPS) is 15.6. The Bertz CT molecular complexity index is 693. The predicted octanol–water partition coefficient (Wildman–Crippen LogP) is 4.72. The molecule has 0 radical (unpaired) electrons. The second-order valence-corrected chi connectivity index (χ2v) is 7.79. The minimum Gasteiger partial charge on any atom is -0.378 e. The lowest BCUT2D eigenvalue weighted by molar-refractivity contribution is 0.122. The minimum absolute atomic E-state index is 0.173.